The zero-order chi connectivity index (χ0) is 26.6. The van der Waals surface area contributed by atoms with E-state index < -0.39 is 0 Å². The van der Waals surface area contributed by atoms with E-state index in [1.807, 2.05) is 30.5 Å². The number of rotatable bonds is 8. The summed E-state index contributed by atoms with van der Waals surface area (Å²) in [6.45, 7) is 13.1. The Kier molecular flexibility index (Phi) is 6.76. The van der Waals surface area contributed by atoms with Gasteiger partial charge < -0.3 is 14.2 Å². The molecule has 9 atom stereocenters. The highest BCUT2D eigenvalue weighted by atomic mass is 16.6. The molecule has 204 valence electrons. The summed E-state index contributed by atoms with van der Waals surface area (Å²) in [5.74, 6) is 3.33. The number of carbonyl (C=O) groups is 1. The smallest absolute Gasteiger partial charge is 0.332 e. The Hall–Kier alpha value is -2.44. The Balaban J connectivity index is 1.23. The van der Waals surface area contributed by atoms with E-state index in [0.717, 1.165) is 48.1 Å². The van der Waals surface area contributed by atoms with Crippen molar-refractivity contribution < 1.29 is 19.0 Å². The first kappa shape index (κ1) is 25.8. The predicted molar refractivity (Wildman–Crippen MR) is 148 cm³/mol. The highest BCUT2D eigenvalue weighted by Gasteiger charge is 2.57. The van der Waals surface area contributed by atoms with Crippen molar-refractivity contribution in [1.29, 1.82) is 0 Å². The maximum absolute atomic E-state index is 13.2. The van der Waals surface area contributed by atoms with Gasteiger partial charge >= 0.3 is 5.97 Å². The van der Waals surface area contributed by atoms with Gasteiger partial charge in [0.25, 0.3) is 0 Å². The largest absolute Gasteiger partial charge is 0.497 e. The van der Waals surface area contributed by atoms with Crippen LogP contribution in [0.2, 0.25) is 0 Å². The molecule has 38 heavy (non-hydrogen) atoms. The molecule has 2 aromatic rings. The lowest BCUT2D eigenvalue weighted by molar-refractivity contribution is -0.192. The van der Waals surface area contributed by atoms with Crippen molar-refractivity contribution in [2.24, 2.45) is 35.0 Å². The molecule has 2 unspecified atom stereocenters. The van der Waals surface area contributed by atoms with Crippen LogP contribution in [0.5, 0.6) is 5.75 Å². The van der Waals surface area contributed by atoms with Crippen molar-refractivity contribution in [3.05, 3.63) is 48.7 Å². The molecule has 4 heterocycles. The van der Waals surface area contributed by atoms with Crippen LogP contribution < -0.4 is 4.74 Å². The number of pyridine rings is 1. The van der Waals surface area contributed by atoms with Gasteiger partial charge in [0.05, 0.1) is 18.7 Å². The number of piperidine rings is 3. The number of aromatic nitrogens is 1. The van der Waals surface area contributed by atoms with Crippen LogP contribution in [-0.4, -0.2) is 54.8 Å². The zero-order valence-electron chi connectivity index (χ0n) is 23.3. The third-order valence-corrected chi connectivity index (χ3v) is 10.7. The lowest BCUT2D eigenvalue weighted by atomic mass is 9.45. The molecule has 3 aliphatic carbocycles. The molecule has 6 nitrogen and oxygen atoms in total. The van der Waals surface area contributed by atoms with Gasteiger partial charge in [0.2, 0.25) is 0 Å². The number of benzene rings is 1. The molecule has 0 radical (unpaired) electrons. The van der Waals surface area contributed by atoms with Gasteiger partial charge in [-0.1, -0.05) is 26.8 Å². The molecular formula is C32H42N2O4. The van der Waals surface area contributed by atoms with E-state index in [-0.39, 0.29) is 30.8 Å². The zero-order valence-corrected chi connectivity index (χ0v) is 23.3. The third kappa shape index (κ3) is 4.34. The van der Waals surface area contributed by atoms with E-state index in [4.69, 9.17) is 14.2 Å². The maximum Gasteiger partial charge on any atom is 0.332 e. The van der Waals surface area contributed by atoms with E-state index >= 15 is 0 Å². The molecule has 1 aromatic heterocycles. The minimum Gasteiger partial charge on any atom is -0.497 e. The Morgan fingerprint density at radius 3 is 2.79 bits per heavy atom. The van der Waals surface area contributed by atoms with Crippen molar-refractivity contribution in [2.45, 2.75) is 64.7 Å². The molecule has 1 aromatic carbocycles. The number of fused-ring (bicyclic) bond motifs is 6. The van der Waals surface area contributed by atoms with Crippen LogP contribution in [0, 0.1) is 35.0 Å². The quantitative estimate of drug-likeness (QED) is 0.325. The highest BCUT2D eigenvalue weighted by molar-refractivity contribution is 5.84. The van der Waals surface area contributed by atoms with E-state index in [0.29, 0.717) is 35.0 Å². The molecule has 0 spiro atoms. The van der Waals surface area contributed by atoms with Gasteiger partial charge in [0.15, 0.2) is 0 Å². The summed E-state index contributed by atoms with van der Waals surface area (Å²) < 4.78 is 18.2. The van der Waals surface area contributed by atoms with Crippen molar-refractivity contribution in [3.63, 3.8) is 0 Å². The van der Waals surface area contributed by atoms with Crippen molar-refractivity contribution in [1.82, 2.24) is 9.88 Å². The standard InChI is InChI=1S/C32H42N2O4/c1-6-20-17-34-12-10-21(20)13-28(34)31(24-9-11-33-27-8-7-23(36-5)16-25(24)27)37-18-30(35)38-29-15-22-14-26(19(29)2)32(22,3)4/h6-9,11,16,19-22,26,28-29,31H,1,10,12-15,17-18H2,2-5H3/t19-,20-,21?,22-,26+,28+,29-,31-/m0/s1. The van der Waals surface area contributed by atoms with Gasteiger partial charge in [-0.25, -0.2) is 4.79 Å². The molecule has 6 heteroatoms. The van der Waals surface area contributed by atoms with Crippen molar-refractivity contribution >= 4 is 16.9 Å². The van der Waals surface area contributed by atoms with Crippen LogP contribution in [-0.2, 0) is 14.3 Å². The third-order valence-electron chi connectivity index (χ3n) is 10.7. The number of ether oxygens (including phenoxy) is 3. The minimum absolute atomic E-state index is 0.00451. The Morgan fingerprint density at radius 2 is 2.11 bits per heavy atom. The van der Waals surface area contributed by atoms with Gasteiger partial charge in [-0.2, -0.15) is 0 Å². The first-order valence-electron chi connectivity index (χ1n) is 14.4. The number of nitrogens with zero attached hydrogens (tertiary/aromatic N) is 2. The predicted octanol–water partition coefficient (Wildman–Crippen LogP) is 5.81. The van der Waals surface area contributed by atoms with Crippen LogP contribution >= 0.6 is 0 Å². The normalized spacial score (nSPS) is 35.8. The second kappa shape index (κ2) is 9.95. The second-order valence-corrected chi connectivity index (χ2v) is 12.7. The molecule has 6 fully saturated rings. The van der Waals surface area contributed by atoms with Crippen LogP contribution in [0.25, 0.3) is 10.9 Å². The number of methoxy groups -OCH3 is 1. The monoisotopic (exact) mass is 518 g/mol. The van der Waals surface area contributed by atoms with E-state index in [9.17, 15) is 4.79 Å². The summed E-state index contributed by atoms with van der Waals surface area (Å²) in [7, 11) is 1.68. The molecule has 4 bridgehead atoms. The van der Waals surface area contributed by atoms with Gasteiger partial charge in [-0.3, -0.25) is 9.88 Å². The lowest BCUT2D eigenvalue weighted by Gasteiger charge is -2.61. The number of esters is 1. The summed E-state index contributed by atoms with van der Waals surface area (Å²) in [4.78, 5) is 20.3. The summed E-state index contributed by atoms with van der Waals surface area (Å²) in [5.41, 5.74) is 2.33. The Bertz CT molecular complexity index is 1210. The molecule has 0 amide bonds. The van der Waals surface area contributed by atoms with E-state index in [1.165, 1.54) is 12.8 Å². The fourth-order valence-electron chi connectivity index (χ4n) is 8.24. The summed E-state index contributed by atoms with van der Waals surface area (Å²) in [6, 6.07) is 8.19. The van der Waals surface area contributed by atoms with Gasteiger partial charge in [-0.05, 0) is 97.1 Å². The van der Waals surface area contributed by atoms with Gasteiger partial charge in [-0.15, -0.1) is 6.58 Å². The summed E-state index contributed by atoms with van der Waals surface area (Å²) in [5, 5.41) is 1.01. The SMILES string of the molecule is C=C[C@H]1CN2CCC1C[C@@H]2[C@@H](OCC(=O)O[C@H]1C[C@@H]2C[C@H]([C@@H]1C)C2(C)C)c1ccnc2ccc(OC)cc12. The second-order valence-electron chi connectivity index (χ2n) is 12.7. The molecule has 3 saturated heterocycles. The van der Waals surface area contributed by atoms with Gasteiger partial charge in [0.1, 0.15) is 18.5 Å². The van der Waals surface area contributed by atoms with E-state index in [1.54, 1.807) is 7.11 Å². The molecule has 3 saturated carbocycles. The number of hydrogen-bond donors (Lipinski definition) is 0. The van der Waals surface area contributed by atoms with E-state index in [2.05, 4.69) is 43.3 Å². The molecule has 0 N–H and O–H groups in total. The van der Waals surface area contributed by atoms with Gasteiger partial charge in [0, 0.05) is 24.2 Å². The van der Waals surface area contributed by atoms with Crippen LogP contribution in [0.4, 0.5) is 0 Å². The summed E-state index contributed by atoms with van der Waals surface area (Å²) >= 11 is 0. The fraction of sp³-hybridized carbons (Fsp3) is 0.625. The molecular weight excluding hydrogens is 476 g/mol. The van der Waals surface area contributed by atoms with Crippen LogP contribution in [0.15, 0.2) is 43.1 Å². The number of hydrogen-bond acceptors (Lipinski definition) is 6. The lowest BCUT2D eigenvalue weighted by Crippen LogP contribution is -2.57. The average Bonchev–Trinajstić information content (AvgIpc) is 2.94. The average molecular weight is 519 g/mol. The molecule has 3 aliphatic heterocycles. The maximum atomic E-state index is 13.2. The minimum atomic E-state index is -0.259. The van der Waals surface area contributed by atoms with Crippen molar-refractivity contribution in [3.8, 4) is 5.75 Å². The molecule has 8 rings (SSSR count). The summed E-state index contributed by atoms with van der Waals surface area (Å²) in [6.07, 6.45) is 8.15. The topological polar surface area (TPSA) is 60.9 Å². The van der Waals surface area contributed by atoms with Crippen molar-refractivity contribution in [2.75, 3.05) is 26.8 Å². The molecule has 6 aliphatic rings. The Morgan fingerprint density at radius 1 is 1.26 bits per heavy atom. The highest BCUT2D eigenvalue weighted by Crippen LogP contribution is 2.61. The first-order chi connectivity index (χ1) is 18.3. The Labute approximate surface area is 226 Å². The number of carbonyl (C=O) groups excluding carboxylic acids is 1. The first-order valence-corrected chi connectivity index (χ1v) is 14.4. The van der Waals surface area contributed by atoms with Crippen LogP contribution in [0.1, 0.15) is 58.1 Å². The fourth-order valence-corrected chi connectivity index (χ4v) is 8.24. The van der Waals surface area contributed by atoms with Crippen LogP contribution in [0.3, 0.4) is 0 Å².